The molecule has 0 spiro atoms. The summed E-state index contributed by atoms with van der Waals surface area (Å²) in [5.41, 5.74) is 65.5. The van der Waals surface area contributed by atoms with Gasteiger partial charge in [0.25, 0.3) is 11.8 Å². The summed E-state index contributed by atoms with van der Waals surface area (Å²) in [5, 5.41) is 209. The third-order valence-corrected chi connectivity index (χ3v) is 26.1. The number of carbonyl (C=O) groups excluding carboxylic acids is 5. The van der Waals surface area contributed by atoms with E-state index in [-0.39, 0.29) is 50.7 Å². The lowest BCUT2D eigenvalue weighted by molar-refractivity contribution is -0.356. The Kier molecular flexibility index (Phi) is 45.7. The molecule has 64 heteroatoms. The number of aliphatic hydroxyl groups excluding tert-OH is 18. The van der Waals surface area contributed by atoms with Crippen LogP contribution in [0.15, 0.2) is 27.5 Å². The number of amides is 4. The Hall–Kier alpha value is -6.62. The molecule has 10 aliphatic heterocycles. The van der Waals surface area contributed by atoms with Crippen molar-refractivity contribution >= 4 is 29.6 Å². The number of hydroxylamine groups is 2. The quantitative estimate of drug-likeness (QED) is 0.00903. The Morgan fingerprint density at radius 1 is 0.407 bits per heavy atom. The second kappa shape index (κ2) is 54.7. The molecule has 800 valence electrons. The third-order valence-electron chi connectivity index (χ3n) is 26.1. The molecule has 0 radical (unpaired) electrons. The van der Waals surface area contributed by atoms with Crippen molar-refractivity contribution in [2.75, 3.05) is 128 Å². The second-order valence-corrected chi connectivity index (χ2v) is 34.5. The highest BCUT2D eigenvalue weighted by Crippen LogP contribution is 2.53. The number of nitrogens with two attached hydrogens (primary N) is 7. The predicted octanol–water partition coefficient (Wildman–Crippen LogP) is -18.0. The molecule has 0 aromatic rings. The molecule has 10 saturated heterocycles. The van der Waals surface area contributed by atoms with E-state index in [4.69, 9.17) is 147 Å². The number of ether oxygens (including phenoxy) is 18. The second-order valence-electron chi connectivity index (χ2n) is 34.5. The highest BCUT2D eigenvalue weighted by Gasteiger charge is 2.63. The van der Waals surface area contributed by atoms with Crippen LogP contribution in [0.1, 0.15) is 6.42 Å². The molecule has 10 heterocycles. The van der Waals surface area contributed by atoms with Gasteiger partial charge >= 0.3 is 5.97 Å². The van der Waals surface area contributed by atoms with Crippen molar-refractivity contribution in [3.8, 4) is 0 Å². The number of allylic oxidation sites excluding steroid dienone is 2. The molecule has 11 fully saturated rings. The zero-order valence-corrected chi connectivity index (χ0v) is 76.7. The molecule has 4 amide bonds. The van der Waals surface area contributed by atoms with E-state index in [0.29, 0.717) is 5.06 Å². The number of hydrogen-bond donors (Lipinski definition) is 30. The lowest BCUT2D eigenvalue weighted by atomic mass is 9.81. The molecule has 49 atom stereocenters. The van der Waals surface area contributed by atoms with E-state index < -0.39 is 364 Å². The molecule has 0 aromatic heterocycles. The summed E-state index contributed by atoms with van der Waals surface area (Å²) < 4.78 is 103. The van der Waals surface area contributed by atoms with E-state index in [1.807, 2.05) is 12.2 Å². The molecule has 37 N–H and O–H groups in total. The van der Waals surface area contributed by atoms with E-state index in [0.717, 1.165) is 6.42 Å². The Morgan fingerprint density at radius 2 is 0.786 bits per heavy atom. The zero-order valence-electron chi connectivity index (χ0n) is 76.7. The molecular formula is C76H134N22O42. The van der Waals surface area contributed by atoms with Gasteiger partial charge in [-0.15, -0.1) is 5.06 Å². The van der Waals surface area contributed by atoms with Crippen LogP contribution in [-0.2, 0) is 114 Å². The number of aliphatic hydroxyl groups is 18. The fourth-order valence-electron chi connectivity index (χ4n) is 18.6. The van der Waals surface area contributed by atoms with Crippen molar-refractivity contribution in [2.24, 2.45) is 103 Å². The number of nitrogens with one attached hydrogen (secondary N) is 5. The average molecular weight is 2030 g/mol. The van der Waals surface area contributed by atoms with Crippen LogP contribution in [-0.4, -0.2) is 507 Å². The first-order valence-electron chi connectivity index (χ1n) is 44.6. The number of imide groups is 1. The van der Waals surface area contributed by atoms with E-state index in [1.54, 1.807) is 35.4 Å². The molecule has 2 bridgehead atoms. The van der Waals surface area contributed by atoms with Gasteiger partial charge in [0.05, 0.1) is 69.0 Å². The standard InChI is InChI=1S/C29H55N7O13.C19H35N7O13.C17H34N4O12.C11H10N4O4/c1-31-21-16(11-39)28(46-19(13-42-4)25(21)44-6)47-22-17(12-40)23(27(33-3)49-26(22)32-2)48-29-24(43-5)15(10-38)14(9-37)18(45-29)7-34-20(41)8-35-36-30;20-7-8(29)5(3-27)36-18(10(7)31)37-14-13(34)15(17(22)39-16(14)21)38-19-12(33)11(32)9(30)4(35-19)1-24-6(28)2-25-26-23;18-1-3-7(24)9(26)10(27)17(29-3)32-13-11(28)12(14(20)33-15(13)21)31-16-8(25)5(19)6(23)4(2-22)30-16;12-14-13-4-7(16)19-15-10(17)8-5-1-2-6(3-5)9(8)11(15)18/h14-19,21-29,31-33,37-40H,7-13H2,1-6H3,(H,34,41);4-5,7-19,27,29-34H,1-3,20-22H2,(H,24,28);3-17,22-28H,1-2,18-21H2;1-2,5-6,8-9H,3-4H2/t14-,15?,16?,17?,18?,19?,21-,22-,23-,24-,25+,26+,27?,28+,29+;4?,5?,7-,8-,9-,10?,11?,12+,13?,14+,15+,16-,17?,18-,19-;3?,4?,5-,6-,7-,8?,9?,10+,11?,12+,13+,14-,15?,16-,17-;/m011./s1. The number of rotatable bonds is 37. The largest absolute Gasteiger partial charge is 0.396 e. The van der Waals surface area contributed by atoms with Crippen LogP contribution >= 0.6 is 0 Å². The first kappa shape index (κ1) is 117. The SMILES string of the molecule is CNC1O[C@@H](NC)[C@@H](O[C@H]2OC(COC)[C@@H](OC)[C@@H](NC)C2CO)C(CO)[C@@H]1O[C@H]1OC(CNC(=O)CN=[N+]=[N-])[C@@H](CO)C(CO)[C@@H]1OC.NCC1O[C@H](O[C@@H]2C(N)O[C@@H](N)[C@@H](O[C@H]3OC(CO)[C@@H](O)[C@@H](N)C3O)C2O)[C@@H](O)C(O)[C@@H]1O.[N-]=[N+]=NCC(=O)NCC1O[C@H](O[C@@H]2C(N)O[C@@H](N)[C@@H](O[C@H]3OC(CO)[C@@H](O)[C@@H](N)C3O)C2O)[C@@H](O)C(O)[C@@H]1O.[N-]=[N+]=NCC(=O)ON1C(=O)C2C3C=CC(C3)C2C1=O. The normalized spacial score (nSPS) is 44.2. The van der Waals surface area contributed by atoms with Gasteiger partial charge in [0.1, 0.15) is 210 Å². The summed E-state index contributed by atoms with van der Waals surface area (Å²) >= 11 is 0. The van der Waals surface area contributed by atoms with Gasteiger partial charge in [0, 0.05) is 92.7 Å². The van der Waals surface area contributed by atoms with Gasteiger partial charge in [0.15, 0.2) is 37.7 Å². The van der Waals surface area contributed by atoms with E-state index >= 15 is 0 Å². The highest BCUT2D eigenvalue weighted by atomic mass is 16.8. The van der Waals surface area contributed by atoms with Crippen LogP contribution < -0.4 is 66.7 Å². The Morgan fingerprint density at radius 3 is 1.18 bits per heavy atom. The monoisotopic (exact) mass is 2030 g/mol. The van der Waals surface area contributed by atoms with Crippen LogP contribution in [0.2, 0.25) is 0 Å². The number of hydrogen-bond acceptors (Lipinski definition) is 55. The summed E-state index contributed by atoms with van der Waals surface area (Å²) in [6.07, 6.45) is -45.6. The van der Waals surface area contributed by atoms with E-state index in [1.165, 1.54) is 7.11 Å². The molecule has 2 aliphatic carbocycles. The van der Waals surface area contributed by atoms with Crippen LogP contribution in [0.4, 0.5) is 0 Å². The number of nitrogens with zero attached hydrogens (tertiary/aromatic N) is 10. The van der Waals surface area contributed by atoms with Crippen molar-refractivity contribution < 1.29 is 206 Å². The van der Waals surface area contributed by atoms with Crippen molar-refractivity contribution in [3.05, 3.63) is 43.5 Å². The van der Waals surface area contributed by atoms with Crippen LogP contribution in [0.25, 0.3) is 31.3 Å². The number of likely N-dealkylation sites (N-methyl/N-ethyl adjacent to an activating group) is 3. The summed E-state index contributed by atoms with van der Waals surface area (Å²) in [6, 6.07) is -2.90. The van der Waals surface area contributed by atoms with E-state index in [2.05, 4.69) is 56.7 Å². The minimum atomic E-state index is -1.85. The number of methoxy groups -OCH3 is 3. The maximum Gasteiger partial charge on any atom is 0.339 e. The zero-order chi connectivity index (χ0) is 103. The van der Waals surface area contributed by atoms with Gasteiger partial charge in [-0.3, -0.25) is 29.8 Å². The van der Waals surface area contributed by atoms with Crippen molar-refractivity contribution in [1.29, 1.82) is 0 Å². The highest BCUT2D eigenvalue weighted by molar-refractivity contribution is 6.06. The maximum absolute atomic E-state index is 12.2. The minimum Gasteiger partial charge on any atom is -0.396 e. The molecule has 12 rings (SSSR count). The number of azide groups is 3. The summed E-state index contributed by atoms with van der Waals surface area (Å²) in [5.74, 6) is -6.53. The summed E-state index contributed by atoms with van der Waals surface area (Å²) in [7, 11) is 9.59. The number of carbonyl (C=O) groups is 5. The lowest BCUT2D eigenvalue weighted by Crippen LogP contribution is -2.69. The average Bonchev–Trinajstić information content (AvgIpc) is 1.57. The molecular weight excluding hydrogens is 1890 g/mol. The summed E-state index contributed by atoms with van der Waals surface area (Å²) in [4.78, 5) is 71.5. The van der Waals surface area contributed by atoms with Crippen LogP contribution in [0.3, 0.4) is 0 Å². The molecule has 22 unspecified atom stereocenters. The molecule has 140 heavy (non-hydrogen) atoms. The van der Waals surface area contributed by atoms with Crippen molar-refractivity contribution in [3.63, 3.8) is 0 Å². The van der Waals surface area contributed by atoms with Crippen LogP contribution in [0, 0.1) is 47.3 Å². The van der Waals surface area contributed by atoms with Gasteiger partial charge < -0.3 is 238 Å². The molecule has 0 aromatic carbocycles. The van der Waals surface area contributed by atoms with Crippen LogP contribution in [0.5, 0.6) is 0 Å². The van der Waals surface area contributed by atoms with Gasteiger partial charge in [0.2, 0.25) is 11.8 Å². The van der Waals surface area contributed by atoms with Gasteiger partial charge in [-0.05, 0) is 56.0 Å². The Balaban J connectivity index is 0.000000217. The lowest BCUT2D eigenvalue weighted by Gasteiger charge is -2.52. The Labute approximate surface area is 797 Å². The summed E-state index contributed by atoms with van der Waals surface area (Å²) in [6.45, 7) is -4.82. The third kappa shape index (κ3) is 27.0. The molecule has 12 aliphatic rings. The first-order chi connectivity index (χ1) is 66.8. The van der Waals surface area contributed by atoms with Gasteiger partial charge in [-0.2, -0.15) is 0 Å². The van der Waals surface area contributed by atoms with Crippen molar-refractivity contribution in [2.45, 2.75) is 258 Å². The van der Waals surface area contributed by atoms with Gasteiger partial charge in [-0.25, -0.2) is 4.79 Å². The molecule has 1 saturated carbocycles. The van der Waals surface area contributed by atoms with Crippen molar-refractivity contribution in [1.82, 2.24) is 31.6 Å². The number of fused-ring (bicyclic) bond motifs is 5. The topological polar surface area (TPSA) is 1020 Å². The first-order valence-corrected chi connectivity index (χ1v) is 44.6. The molecule has 64 nitrogen and oxygen atoms in total. The fraction of sp³-hybridized carbons (Fsp3) is 0.908. The smallest absolute Gasteiger partial charge is 0.339 e. The van der Waals surface area contributed by atoms with E-state index in [9.17, 15) is 116 Å². The Bertz CT molecular complexity index is 3990. The predicted molar refractivity (Wildman–Crippen MR) is 456 cm³/mol. The maximum atomic E-state index is 12.2. The van der Waals surface area contributed by atoms with Gasteiger partial charge in [-0.1, -0.05) is 27.5 Å². The fourth-order valence-corrected chi connectivity index (χ4v) is 18.6. The minimum absolute atomic E-state index is 0.0623.